The van der Waals surface area contributed by atoms with Gasteiger partial charge in [0.15, 0.2) is 0 Å². The summed E-state index contributed by atoms with van der Waals surface area (Å²) in [6, 6.07) is 0. The van der Waals surface area contributed by atoms with Crippen LogP contribution in [0.5, 0.6) is 0 Å². The van der Waals surface area contributed by atoms with Gasteiger partial charge in [-0.1, -0.05) is 18.9 Å². The Morgan fingerprint density at radius 2 is 2.00 bits per heavy atom. The third kappa shape index (κ3) is 2.55. The highest BCUT2D eigenvalue weighted by atomic mass is 16.5. The van der Waals surface area contributed by atoms with Crippen molar-refractivity contribution in [3.05, 3.63) is 11.8 Å². The number of carbonyl (C=O) groups excluding carboxylic acids is 1. The lowest BCUT2D eigenvalue weighted by Crippen LogP contribution is -2.38. The van der Waals surface area contributed by atoms with Crippen LogP contribution in [-0.2, 0) is 9.53 Å². The molecule has 1 saturated heterocycles. The van der Waals surface area contributed by atoms with Crippen molar-refractivity contribution in [3.63, 3.8) is 0 Å². The van der Waals surface area contributed by atoms with Gasteiger partial charge in [-0.05, 0) is 39.5 Å². The van der Waals surface area contributed by atoms with E-state index in [4.69, 9.17) is 4.74 Å². The highest BCUT2D eigenvalue weighted by molar-refractivity contribution is 5.80. The van der Waals surface area contributed by atoms with E-state index in [1.165, 1.54) is 31.4 Å². The van der Waals surface area contributed by atoms with Crippen LogP contribution in [0.3, 0.4) is 0 Å². The monoisotopic (exact) mass is 251 g/mol. The Labute approximate surface area is 110 Å². The van der Waals surface area contributed by atoms with Gasteiger partial charge in [0.25, 0.3) is 0 Å². The van der Waals surface area contributed by atoms with Gasteiger partial charge in [0.2, 0.25) is 0 Å². The van der Waals surface area contributed by atoms with Crippen LogP contribution >= 0.6 is 0 Å². The van der Waals surface area contributed by atoms with Crippen molar-refractivity contribution in [2.75, 3.05) is 19.7 Å². The molecule has 18 heavy (non-hydrogen) atoms. The molecule has 0 saturated carbocycles. The van der Waals surface area contributed by atoms with E-state index in [-0.39, 0.29) is 5.97 Å². The largest absolute Gasteiger partial charge is 0.465 e. The van der Waals surface area contributed by atoms with Crippen LogP contribution in [0.1, 0.15) is 52.4 Å². The molecule has 1 aliphatic heterocycles. The summed E-state index contributed by atoms with van der Waals surface area (Å²) in [7, 11) is 0. The summed E-state index contributed by atoms with van der Waals surface area (Å²) >= 11 is 0. The van der Waals surface area contributed by atoms with E-state index in [1.54, 1.807) is 0 Å². The molecule has 0 aromatic carbocycles. The Bertz CT molecular complexity index is 329. The molecular weight excluding hydrogens is 226 g/mol. The third-order valence-electron chi connectivity index (χ3n) is 4.22. The summed E-state index contributed by atoms with van der Waals surface area (Å²) in [5.41, 5.74) is 0.822. The molecule has 0 N–H and O–H groups in total. The van der Waals surface area contributed by atoms with Gasteiger partial charge in [0.05, 0.1) is 6.61 Å². The molecule has 0 radical (unpaired) electrons. The normalized spacial score (nSPS) is 28.8. The third-order valence-corrected chi connectivity index (χ3v) is 4.22. The van der Waals surface area contributed by atoms with E-state index in [0.29, 0.717) is 6.61 Å². The first-order valence-electron chi connectivity index (χ1n) is 7.31. The molecule has 1 heterocycles. The van der Waals surface area contributed by atoms with E-state index >= 15 is 0 Å². The zero-order valence-corrected chi connectivity index (χ0v) is 11.7. The molecule has 1 unspecified atom stereocenters. The van der Waals surface area contributed by atoms with Crippen molar-refractivity contribution < 1.29 is 9.53 Å². The Kier molecular flexibility index (Phi) is 4.31. The quantitative estimate of drug-likeness (QED) is 0.722. The highest BCUT2D eigenvalue weighted by Crippen LogP contribution is 2.42. The highest BCUT2D eigenvalue weighted by Gasteiger charge is 2.43. The average molecular weight is 251 g/mol. The minimum Gasteiger partial charge on any atom is -0.465 e. The number of hydrogen-bond acceptors (Lipinski definition) is 3. The van der Waals surface area contributed by atoms with E-state index in [0.717, 1.165) is 25.9 Å². The maximum Gasteiger partial charge on any atom is 0.317 e. The molecule has 3 nitrogen and oxygen atoms in total. The Balaban J connectivity index is 2.12. The minimum absolute atomic E-state index is 0.0435. The van der Waals surface area contributed by atoms with Crippen molar-refractivity contribution in [1.29, 1.82) is 0 Å². The van der Waals surface area contributed by atoms with Crippen molar-refractivity contribution in [2.45, 2.75) is 52.4 Å². The summed E-state index contributed by atoms with van der Waals surface area (Å²) < 4.78 is 5.27. The Morgan fingerprint density at radius 3 is 2.61 bits per heavy atom. The summed E-state index contributed by atoms with van der Waals surface area (Å²) in [5.74, 6) is -0.0435. The van der Waals surface area contributed by atoms with Crippen molar-refractivity contribution in [2.24, 2.45) is 5.41 Å². The number of allylic oxidation sites excluding steroid dienone is 1. The van der Waals surface area contributed by atoms with Gasteiger partial charge in [-0.2, -0.15) is 0 Å². The van der Waals surface area contributed by atoms with Crippen LogP contribution in [-0.4, -0.2) is 30.6 Å². The lowest BCUT2D eigenvalue weighted by atomic mass is 9.86. The van der Waals surface area contributed by atoms with Gasteiger partial charge in [0, 0.05) is 18.8 Å². The van der Waals surface area contributed by atoms with Crippen LogP contribution < -0.4 is 0 Å². The van der Waals surface area contributed by atoms with Gasteiger partial charge in [-0.3, -0.25) is 4.79 Å². The zero-order valence-electron chi connectivity index (χ0n) is 11.7. The molecule has 1 aliphatic carbocycles. The molecule has 1 atom stereocenters. The maximum absolute atomic E-state index is 12.2. The Morgan fingerprint density at radius 1 is 1.33 bits per heavy atom. The molecule has 2 rings (SSSR count). The number of esters is 1. The van der Waals surface area contributed by atoms with Gasteiger partial charge in [0.1, 0.15) is 5.41 Å². The van der Waals surface area contributed by atoms with Crippen molar-refractivity contribution in [3.8, 4) is 0 Å². The fourth-order valence-corrected chi connectivity index (χ4v) is 3.14. The van der Waals surface area contributed by atoms with Gasteiger partial charge >= 0.3 is 5.97 Å². The lowest BCUT2D eigenvalue weighted by Gasteiger charge is -2.34. The van der Waals surface area contributed by atoms with E-state index in [9.17, 15) is 4.79 Å². The summed E-state index contributed by atoms with van der Waals surface area (Å²) in [6.45, 7) is 6.60. The first-order chi connectivity index (χ1) is 8.68. The summed E-state index contributed by atoms with van der Waals surface area (Å²) in [4.78, 5) is 14.6. The smallest absolute Gasteiger partial charge is 0.317 e. The Hall–Kier alpha value is -0.990. The van der Waals surface area contributed by atoms with Gasteiger partial charge < -0.3 is 9.64 Å². The van der Waals surface area contributed by atoms with Crippen molar-refractivity contribution >= 4 is 5.97 Å². The second-order valence-electron chi connectivity index (χ2n) is 5.58. The molecule has 2 aliphatic rings. The second-order valence-corrected chi connectivity index (χ2v) is 5.58. The predicted octanol–water partition coefficient (Wildman–Crippen LogP) is 3.11. The number of nitrogens with zero attached hydrogens (tertiary/aromatic N) is 1. The molecule has 0 aromatic rings. The molecule has 1 fully saturated rings. The first kappa shape index (κ1) is 13.4. The number of hydrogen-bond donors (Lipinski definition) is 0. The van der Waals surface area contributed by atoms with Crippen LogP contribution in [0, 0.1) is 5.41 Å². The summed E-state index contributed by atoms with van der Waals surface area (Å²) in [5, 5.41) is 0. The van der Waals surface area contributed by atoms with Crippen LogP contribution in [0.2, 0.25) is 0 Å². The van der Waals surface area contributed by atoms with E-state index in [2.05, 4.69) is 17.9 Å². The number of carbonyl (C=O) groups is 1. The zero-order chi connectivity index (χ0) is 13.0. The molecule has 0 bridgehead atoms. The van der Waals surface area contributed by atoms with Gasteiger partial charge in [-0.25, -0.2) is 0 Å². The molecule has 0 spiro atoms. The average Bonchev–Trinajstić information content (AvgIpc) is 2.60. The fraction of sp³-hybridized carbons (Fsp3) is 0.800. The number of rotatable bonds is 3. The number of ether oxygens (including phenoxy) is 1. The molecule has 0 aromatic heterocycles. The SMILES string of the molecule is CCOC(=O)C1(C)CCC=C1N1CCCCCC1. The van der Waals surface area contributed by atoms with E-state index in [1.807, 2.05) is 6.92 Å². The minimum atomic E-state index is -0.402. The maximum atomic E-state index is 12.2. The second kappa shape index (κ2) is 5.77. The fourth-order valence-electron chi connectivity index (χ4n) is 3.14. The molecule has 0 amide bonds. The van der Waals surface area contributed by atoms with Crippen molar-refractivity contribution in [1.82, 2.24) is 4.90 Å². The molecular formula is C15H25NO2. The lowest BCUT2D eigenvalue weighted by molar-refractivity contribution is -0.153. The number of likely N-dealkylation sites (tertiary alicyclic amines) is 1. The van der Waals surface area contributed by atoms with Crippen LogP contribution in [0.25, 0.3) is 0 Å². The van der Waals surface area contributed by atoms with Gasteiger partial charge in [-0.15, -0.1) is 0 Å². The first-order valence-corrected chi connectivity index (χ1v) is 7.31. The molecule has 102 valence electrons. The van der Waals surface area contributed by atoms with E-state index < -0.39 is 5.41 Å². The van der Waals surface area contributed by atoms with Crippen LogP contribution in [0.4, 0.5) is 0 Å². The molecule has 3 heteroatoms. The topological polar surface area (TPSA) is 29.5 Å². The predicted molar refractivity (Wildman–Crippen MR) is 72.1 cm³/mol. The standard InChI is InChI=1S/C15H25NO2/c1-3-18-14(17)15(2)10-8-9-13(15)16-11-6-4-5-7-12-16/h9H,3-8,10-12H2,1-2H3. The van der Waals surface area contributed by atoms with Crippen LogP contribution in [0.15, 0.2) is 11.8 Å². The summed E-state index contributed by atoms with van der Waals surface area (Å²) in [6.07, 6.45) is 9.29.